The molecule has 0 atom stereocenters. The first kappa shape index (κ1) is 11.7. The summed E-state index contributed by atoms with van der Waals surface area (Å²) in [6.45, 7) is 7.06. The average molecular weight is 188 g/mol. The second-order valence-electron chi connectivity index (χ2n) is 4.34. The molecule has 0 aliphatic carbocycles. The smallest absolute Gasteiger partial charge is 0.305 e. The summed E-state index contributed by atoms with van der Waals surface area (Å²) in [5.41, 5.74) is 0. The normalized spacial score (nSPS) is 11.3. The number of methoxy groups -OCH3 is 1. The molecule has 0 saturated heterocycles. The summed E-state index contributed by atoms with van der Waals surface area (Å²) < 4.78 is 4.55. The number of hydrogen-bond donors (Lipinski definition) is 0. The minimum absolute atomic E-state index is 0.0782. The van der Waals surface area contributed by atoms with Crippen molar-refractivity contribution in [2.75, 3.05) is 7.11 Å². The van der Waals surface area contributed by atoms with Crippen LogP contribution in [0.15, 0.2) is 0 Å². The fourth-order valence-electron chi connectivity index (χ4n) is 1.03. The minimum Gasteiger partial charge on any atom is -0.469 e. The van der Waals surface area contributed by atoms with Gasteiger partial charge in [-0.25, -0.2) is 0 Å². The van der Waals surface area contributed by atoms with Crippen molar-refractivity contribution in [2.45, 2.75) is 44.9 Å². The van der Waals surface area contributed by atoms with Gasteiger partial charge in [-0.15, -0.1) is 0 Å². The monoisotopic (exact) mass is 188 g/mol. The van der Waals surface area contributed by atoms with E-state index in [2.05, 4.69) is 24.4 Å². The summed E-state index contributed by atoms with van der Waals surface area (Å²) in [5.74, 6) is -0.0782. The van der Waals surface area contributed by atoms with Crippen LogP contribution >= 0.6 is 0 Å². The molecular formula is C9H20O2Si. The lowest BCUT2D eigenvalue weighted by atomic mass is 10.2. The lowest BCUT2D eigenvalue weighted by Gasteiger charge is -2.14. The van der Waals surface area contributed by atoms with Gasteiger partial charge in [0.25, 0.3) is 0 Å². The minimum atomic E-state index is -0.892. The molecule has 0 aromatic carbocycles. The van der Waals surface area contributed by atoms with Crippen LogP contribution in [-0.4, -0.2) is 21.2 Å². The van der Waals surface area contributed by atoms with Gasteiger partial charge in [-0.2, -0.15) is 0 Å². The number of hydrogen-bond acceptors (Lipinski definition) is 2. The van der Waals surface area contributed by atoms with E-state index in [9.17, 15) is 4.79 Å². The topological polar surface area (TPSA) is 26.3 Å². The van der Waals surface area contributed by atoms with Crippen LogP contribution in [0.4, 0.5) is 0 Å². The van der Waals surface area contributed by atoms with E-state index in [-0.39, 0.29) is 5.97 Å². The molecule has 2 nitrogen and oxygen atoms in total. The van der Waals surface area contributed by atoms with Crippen LogP contribution in [0.1, 0.15) is 19.3 Å². The molecule has 0 rings (SSSR count). The Morgan fingerprint density at radius 1 is 1.25 bits per heavy atom. The van der Waals surface area contributed by atoms with E-state index < -0.39 is 8.07 Å². The third-order valence-corrected chi connectivity index (χ3v) is 3.64. The molecule has 0 spiro atoms. The zero-order chi connectivity index (χ0) is 9.61. The first-order chi connectivity index (χ1) is 5.45. The molecule has 0 aromatic rings. The number of unbranched alkanes of at least 4 members (excludes halogenated alkanes) is 1. The predicted molar refractivity (Wildman–Crippen MR) is 54.0 cm³/mol. The summed E-state index contributed by atoms with van der Waals surface area (Å²) in [4.78, 5) is 10.7. The van der Waals surface area contributed by atoms with Crippen molar-refractivity contribution >= 4 is 14.0 Å². The van der Waals surface area contributed by atoms with Gasteiger partial charge in [0.2, 0.25) is 0 Å². The van der Waals surface area contributed by atoms with E-state index in [0.29, 0.717) is 6.42 Å². The van der Waals surface area contributed by atoms with Crippen molar-refractivity contribution in [1.29, 1.82) is 0 Å². The third-order valence-electron chi connectivity index (χ3n) is 1.79. The summed E-state index contributed by atoms with van der Waals surface area (Å²) in [7, 11) is 0.554. The van der Waals surface area contributed by atoms with Gasteiger partial charge >= 0.3 is 5.97 Å². The molecule has 0 fully saturated rings. The van der Waals surface area contributed by atoms with Crippen LogP contribution in [0.3, 0.4) is 0 Å². The van der Waals surface area contributed by atoms with Crippen molar-refractivity contribution in [3.8, 4) is 0 Å². The molecule has 72 valence electrons. The van der Waals surface area contributed by atoms with E-state index in [4.69, 9.17) is 0 Å². The molecule has 0 N–H and O–H groups in total. The molecule has 0 aromatic heterocycles. The molecule has 0 unspecified atom stereocenters. The second-order valence-corrected chi connectivity index (χ2v) is 9.97. The van der Waals surface area contributed by atoms with Crippen LogP contribution < -0.4 is 0 Å². The highest BCUT2D eigenvalue weighted by atomic mass is 28.3. The molecule has 3 heteroatoms. The predicted octanol–water partition coefficient (Wildman–Crippen LogP) is 2.67. The largest absolute Gasteiger partial charge is 0.469 e. The summed E-state index contributed by atoms with van der Waals surface area (Å²) >= 11 is 0. The molecule has 12 heavy (non-hydrogen) atoms. The molecule has 0 bridgehead atoms. The SMILES string of the molecule is COC(=O)CCCC[Si](C)(C)C. The highest BCUT2D eigenvalue weighted by Crippen LogP contribution is 2.13. The lowest BCUT2D eigenvalue weighted by molar-refractivity contribution is -0.140. The van der Waals surface area contributed by atoms with E-state index in [0.717, 1.165) is 6.42 Å². The maximum atomic E-state index is 10.7. The van der Waals surface area contributed by atoms with Gasteiger partial charge in [0.05, 0.1) is 7.11 Å². The van der Waals surface area contributed by atoms with Gasteiger partial charge in [0.15, 0.2) is 0 Å². The van der Waals surface area contributed by atoms with Crippen LogP contribution in [0.5, 0.6) is 0 Å². The van der Waals surface area contributed by atoms with Crippen LogP contribution in [-0.2, 0) is 9.53 Å². The average Bonchev–Trinajstić information content (AvgIpc) is 1.96. The Morgan fingerprint density at radius 3 is 2.25 bits per heavy atom. The van der Waals surface area contributed by atoms with Gasteiger partial charge < -0.3 is 4.74 Å². The Labute approximate surface area is 76.3 Å². The maximum absolute atomic E-state index is 10.7. The molecular weight excluding hydrogens is 168 g/mol. The van der Waals surface area contributed by atoms with Crippen molar-refractivity contribution < 1.29 is 9.53 Å². The second kappa shape index (κ2) is 5.35. The number of rotatable bonds is 5. The number of esters is 1. The van der Waals surface area contributed by atoms with E-state index in [1.54, 1.807) is 0 Å². The first-order valence-corrected chi connectivity index (χ1v) is 8.23. The van der Waals surface area contributed by atoms with E-state index in [1.165, 1.54) is 19.6 Å². The molecule has 0 aliphatic rings. The number of ether oxygens (including phenoxy) is 1. The van der Waals surface area contributed by atoms with Gasteiger partial charge in [-0.3, -0.25) is 4.79 Å². The molecule has 0 heterocycles. The lowest BCUT2D eigenvalue weighted by Crippen LogP contribution is -2.18. The Bertz CT molecular complexity index is 138. The van der Waals surface area contributed by atoms with Crippen molar-refractivity contribution in [1.82, 2.24) is 0 Å². The van der Waals surface area contributed by atoms with E-state index >= 15 is 0 Å². The van der Waals surface area contributed by atoms with Gasteiger partial charge in [-0.1, -0.05) is 32.1 Å². The molecule has 0 aliphatic heterocycles. The van der Waals surface area contributed by atoms with Crippen LogP contribution in [0.25, 0.3) is 0 Å². The quantitative estimate of drug-likeness (QED) is 0.377. The third kappa shape index (κ3) is 7.79. The first-order valence-electron chi connectivity index (χ1n) is 4.52. The van der Waals surface area contributed by atoms with Gasteiger partial charge in [-0.05, 0) is 6.42 Å². The Kier molecular flexibility index (Phi) is 5.21. The van der Waals surface area contributed by atoms with Crippen molar-refractivity contribution in [3.05, 3.63) is 0 Å². The fourth-order valence-corrected chi connectivity index (χ4v) is 2.34. The Morgan fingerprint density at radius 2 is 1.83 bits per heavy atom. The standard InChI is InChI=1S/C9H20O2Si/c1-11-9(10)7-5-6-8-12(2,3)4/h5-8H2,1-4H3. The molecule has 0 amide bonds. The maximum Gasteiger partial charge on any atom is 0.305 e. The number of carbonyl (C=O) groups excluding carboxylic acids is 1. The fraction of sp³-hybridized carbons (Fsp3) is 0.889. The Hall–Kier alpha value is -0.313. The van der Waals surface area contributed by atoms with Gasteiger partial charge in [0, 0.05) is 14.5 Å². The van der Waals surface area contributed by atoms with Crippen LogP contribution in [0, 0.1) is 0 Å². The molecule has 0 saturated carbocycles. The highest BCUT2D eigenvalue weighted by Gasteiger charge is 2.12. The highest BCUT2D eigenvalue weighted by molar-refractivity contribution is 6.76. The Balaban J connectivity index is 3.28. The summed E-state index contributed by atoms with van der Waals surface area (Å²) in [5, 5.41) is 0. The zero-order valence-electron chi connectivity index (χ0n) is 8.64. The summed E-state index contributed by atoms with van der Waals surface area (Å²) in [6.07, 6.45) is 2.74. The van der Waals surface area contributed by atoms with Crippen molar-refractivity contribution in [2.24, 2.45) is 0 Å². The molecule has 0 radical (unpaired) electrons. The van der Waals surface area contributed by atoms with Crippen LogP contribution in [0.2, 0.25) is 25.7 Å². The summed E-state index contributed by atoms with van der Waals surface area (Å²) in [6, 6.07) is 1.31. The van der Waals surface area contributed by atoms with E-state index in [1.807, 2.05) is 0 Å². The number of carbonyl (C=O) groups is 1. The van der Waals surface area contributed by atoms with Crippen molar-refractivity contribution in [3.63, 3.8) is 0 Å². The zero-order valence-corrected chi connectivity index (χ0v) is 9.64. The van der Waals surface area contributed by atoms with Gasteiger partial charge in [0.1, 0.15) is 0 Å².